The van der Waals surface area contributed by atoms with E-state index in [1.165, 1.54) is 0 Å². The number of hydrogen-bond acceptors (Lipinski definition) is 4. The topological polar surface area (TPSA) is 60.5 Å². The van der Waals surface area contributed by atoms with Crippen LogP contribution in [0.15, 0.2) is 21.0 Å². The minimum Gasteiger partial charge on any atom is -0.446 e. The van der Waals surface area contributed by atoms with E-state index in [4.69, 9.17) is 9.68 Å². The highest BCUT2D eigenvalue weighted by molar-refractivity contribution is 9.10. The van der Waals surface area contributed by atoms with Crippen molar-refractivity contribution in [3.63, 3.8) is 0 Å². The second-order valence-corrected chi connectivity index (χ2v) is 6.95. The molecule has 23 heavy (non-hydrogen) atoms. The Balaban J connectivity index is 1.98. The van der Waals surface area contributed by atoms with Crippen molar-refractivity contribution >= 4 is 32.8 Å². The van der Waals surface area contributed by atoms with Gasteiger partial charge in [-0.05, 0) is 55.0 Å². The van der Waals surface area contributed by atoms with Crippen LogP contribution >= 0.6 is 15.9 Å². The highest BCUT2D eigenvalue weighted by Gasteiger charge is 2.29. The highest BCUT2D eigenvalue weighted by atomic mass is 79.9. The number of rotatable bonds is 2. The van der Waals surface area contributed by atoms with Gasteiger partial charge in [-0.25, -0.2) is 0 Å². The molecule has 1 aliphatic rings. The predicted molar refractivity (Wildman–Crippen MR) is 91.4 cm³/mol. The number of halogens is 1. The van der Waals surface area contributed by atoms with E-state index in [-0.39, 0.29) is 11.7 Å². The van der Waals surface area contributed by atoms with Gasteiger partial charge in [-0.1, -0.05) is 0 Å². The highest BCUT2D eigenvalue weighted by Crippen LogP contribution is 2.33. The van der Waals surface area contributed by atoms with Gasteiger partial charge in [-0.2, -0.15) is 5.26 Å². The fourth-order valence-corrected chi connectivity index (χ4v) is 3.56. The molecule has 0 unspecified atom stereocenters. The van der Waals surface area contributed by atoms with Crippen LogP contribution in [0.1, 0.15) is 28.1 Å². The standard InChI is InChI=1S/C17H18BrN3O2/c1-10-13(17(22)21-5-4-11(9-21)20(2)3)7-15-14(16(10)18)6-12(8-19)23-15/h6-7,11H,4-5,9H2,1-3H3/t11-/m1/s1. The Morgan fingerprint density at radius 2 is 2.22 bits per heavy atom. The molecule has 3 rings (SSSR count). The number of likely N-dealkylation sites (tertiary alicyclic amines) is 1. The van der Waals surface area contributed by atoms with Crippen molar-refractivity contribution in [1.29, 1.82) is 5.26 Å². The van der Waals surface area contributed by atoms with E-state index in [2.05, 4.69) is 20.8 Å². The first-order chi connectivity index (χ1) is 10.9. The molecule has 0 radical (unpaired) electrons. The first-order valence-electron chi connectivity index (χ1n) is 7.50. The molecule has 0 N–H and O–H groups in total. The number of carbonyl (C=O) groups is 1. The number of likely N-dealkylation sites (N-methyl/N-ethyl adjacent to an activating group) is 1. The van der Waals surface area contributed by atoms with E-state index < -0.39 is 0 Å². The van der Waals surface area contributed by atoms with Crippen molar-refractivity contribution in [1.82, 2.24) is 9.80 Å². The van der Waals surface area contributed by atoms with E-state index >= 15 is 0 Å². The number of fused-ring (bicyclic) bond motifs is 1. The lowest BCUT2D eigenvalue weighted by molar-refractivity contribution is 0.0782. The summed E-state index contributed by atoms with van der Waals surface area (Å²) < 4.78 is 6.31. The molecule has 2 heterocycles. The average molecular weight is 376 g/mol. The molecule has 6 heteroatoms. The van der Waals surface area contributed by atoms with Gasteiger partial charge in [0, 0.05) is 40.6 Å². The summed E-state index contributed by atoms with van der Waals surface area (Å²) >= 11 is 3.54. The molecule has 1 saturated heterocycles. The van der Waals surface area contributed by atoms with Gasteiger partial charge in [-0.3, -0.25) is 4.79 Å². The zero-order valence-electron chi connectivity index (χ0n) is 13.4. The van der Waals surface area contributed by atoms with Gasteiger partial charge in [-0.15, -0.1) is 0 Å². The van der Waals surface area contributed by atoms with E-state index in [1.54, 1.807) is 12.1 Å². The third kappa shape index (κ3) is 2.75. The van der Waals surface area contributed by atoms with Crippen molar-refractivity contribution in [3.8, 4) is 6.07 Å². The van der Waals surface area contributed by atoms with Crippen LogP contribution in [0.4, 0.5) is 0 Å². The van der Waals surface area contributed by atoms with Gasteiger partial charge in [0.2, 0.25) is 5.76 Å². The fourth-order valence-electron chi connectivity index (χ4n) is 3.04. The monoisotopic (exact) mass is 375 g/mol. The van der Waals surface area contributed by atoms with Gasteiger partial charge >= 0.3 is 0 Å². The molecular weight excluding hydrogens is 358 g/mol. The Hall–Kier alpha value is -1.84. The van der Waals surface area contributed by atoms with Crippen LogP contribution in [0.3, 0.4) is 0 Å². The smallest absolute Gasteiger partial charge is 0.254 e. The molecule has 5 nitrogen and oxygen atoms in total. The lowest BCUT2D eigenvalue weighted by Gasteiger charge is -2.21. The number of carbonyl (C=O) groups excluding carboxylic acids is 1. The molecule has 1 fully saturated rings. The normalized spacial score (nSPS) is 17.9. The summed E-state index contributed by atoms with van der Waals surface area (Å²) in [6, 6.07) is 5.84. The van der Waals surface area contributed by atoms with Crippen LogP contribution in [0, 0.1) is 18.3 Å². The summed E-state index contributed by atoms with van der Waals surface area (Å²) in [5.74, 6) is 0.267. The van der Waals surface area contributed by atoms with Crippen LogP contribution in [-0.4, -0.2) is 48.9 Å². The second-order valence-electron chi connectivity index (χ2n) is 6.15. The maximum atomic E-state index is 12.9. The second kappa shape index (κ2) is 5.99. The number of furan rings is 1. The van der Waals surface area contributed by atoms with Crippen LogP contribution in [0.25, 0.3) is 11.0 Å². The molecule has 0 spiro atoms. The van der Waals surface area contributed by atoms with Crippen LogP contribution in [0.5, 0.6) is 0 Å². The lowest BCUT2D eigenvalue weighted by Crippen LogP contribution is -2.34. The number of nitrogens with zero attached hydrogens (tertiary/aromatic N) is 3. The van der Waals surface area contributed by atoms with Crippen molar-refractivity contribution in [2.24, 2.45) is 0 Å². The number of nitriles is 1. The number of benzene rings is 1. The van der Waals surface area contributed by atoms with Gasteiger partial charge in [0.05, 0.1) is 0 Å². The van der Waals surface area contributed by atoms with Crippen molar-refractivity contribution < 1.29 is 9.21 Å². The predicted octanol–water partition coefficient (Wildman–Crippen LogP) is 3.15. The summed E-state index contributed by atoms with van der Waals surface area (Å²) in [4.78, 5) is 16.9. The average Bonchev–Trinajstić information content (AvgIpc) is 3.16. The third-order valence-electron chi connectivity index (χ3n) is 4.53. The first kappa shape index (κ1) is 16.0. The number of hydrogen-bond donors (Lipinski definition) is 0. The zero-order valence-corrected chi connectivity index (χ0v) is 15.0. The molecule has 1 aromatic carbocycles. The Morgan fingerprint density at radius 3 is 2.83 bits per heavy atom. The zero-order chi connectivity index (χ0) is 16.7. The van der Waals surface area contributed by atoms with Crippen LogP contribution in [-0.2, 0) is 0 Å². The van der Waals surface area contributed by atoms with Crippen molar-refractivity contribution in [3.05, 3.63) is 33.5 Å². The summed E-state index contributed by atoms with van der Waals surface area (Å²) in [7, 11) is 4.08. The van der Waals surface area contributed by atoms with Crippen LogP contribution < -0.4 is 0 Å². The molecule has 0 bridgehead atoms. The summed E-state index contributed by atoms with van der Waals surface area (Å²) in [6.45, 7) is 3.41. The third-order valence-corrected chi connectivity index (χ3v) is 5.55. The maximum absolute atomic E-state index is 12.9. The van der Waals surface area contributed by atoms with E-state index in [0.29, 0.717) is 17.2 Å². The summed E-state index contributed by atoms with van der Waals surface area (Å²) in [5, 5.41) is 9.81. The molecule has 1 atom stereocenters. The molecule has 120 valence electrons. The SMILES string of the molecule is Cc1c(C(=O)N2CC[C@@H](N(C)C)C2)cc2oc(C#N)cc2c1Br. The fraction of sp³-hybridized carbons (Fsp3) is 0.412. The first-order valence-corrected chi connectivity index (χ1v) is 8.30. The van der Waals surface area contributed by atoms with Gasteiger partial charge in [0.1, 0.15) is 11.7 Å². The molecule has 0 aliphatic carbocycles. The van der Waals surface area contributed by atoms with E-state index in [1.807, 2.05) is 32.0 Å². The molecule has 1 aromatic heterocycles. The summed E-state index contributed by atoms with van der Waals surface area (Å²) in [6.07, 6.45) is 0.987. The molecule has 0 saturated carbocycles. The minimum absolute atomic E-state index is 0.0179. The Labute approximate surface area is 143 Å². The molecule has 1 amide bonds. The van der Waals surface area contributed by atoms with E-state index in [9.17, 15) is 4.79 Å². The van der Waals surface area contributed by atoms with Gasteiger partial charge in [0.25, 0.3) is 5.91 Å². The largest absolute Gasteiger partial charge is 0.446 e. The van der Waals surface area contributed by atoms with Gasteiger partial charge < -0.3 is 14.2 Å². The molecule has 2 aromatic rings. The van der Waals surface area contributed by atoms with Crippen LogP contribution in [0.2, 0.25) is 0 Å². The maximum Gasteiger partial charge on any atom is 0.254 e. The molecule has 1 aliphatic heterocycles. The van der Waals surface area contributed by atoms with E-state index in [0.717, 1.165) is 34.9 Å². The Bertz CT molecular complexity index is 819. The summed E-state index contributed by atoms with van der Waals surface area (Å²) in [5.41, 5.74) is 2.06. The van der Waals surface area contributed by atoms with Crippen molar-refractivity contribution in [2.45, 2.75) is 19.4 Å². The quantitative estimate of drug-likeness (QED) is 0.808. The lowest BCUT2D eigenvalue weighted by atomic mass is 10.1. The minimum atomic E-state index is 0.0179. The van der Waals surface area contributed by atoms with Gasteiger partial charge in [0.15, 0.2) is 0 Å². The molecular formula is C17H18BrN3O2. The number of amides is 1. The Kier molecular flexibility index (Phi) is 4.17. The Morgan fingerprint density at radius 1 is 1.48 bits per heavy atom. The van der Waals surface area contributed by atoms with Crippen molar-refractivity contribution in [2.75, 3.05) is 27.2 Å².